The Hall–Kier alpha value is -2.30. The van der Waals surface area contributed by atoms with Crippen molar-refractivity contribution in [2.24, 2.45) is 0 Å². The average molecular weight is 230 g/mol. The second kappa shape index (κ2) is 3.93. The van der Waals surface area contributed by atoms with Crippen LogP contribution in [0, 0.1) is 13.8 Å². The fourth-order valence-electron chi connectivity index (χ4n) is 1.61. The standard InChI is InChI=1S/C12H14N4O/c1-7-5-9(3-4-10(7)13)12(17)16-11(14)6-8(2)15-16/h3-6H,13-14H2,1-2H3. The minimum atomic E-state index is -0.251. The Kier molecular flexibility index (Phi) is 2.59. The summed E-state index contributed by atoms with van der Waals surface area (Å²) < 4.78 is 1.19. The first-order chi connectivity index (χ1) is 7.99. The smallest absolute Gasteiger partial charge is 0.280 e. The number of rotatable bonds is 1. The Morgan fingerprint density at radius 3 is 2.47 bits per heavy atom. The van der Waals surface area contributed by atoms with Gasteiger partial charge in [-0.25, -0.2) is 0 Å². The lowest BCUT2D eigenvalue weighted by Crippen LogP contribution is -2.16. The molecule has 5 heteroatoms. The number of aryl methyl sites for hydroxylation is 2. The van der Waals surface area contributed by atoms with E-state index in [2.05, 4.69) is 5.10 Å². The first-order valence-corrected chi connectivity index (χ1v) is 5.22. The van der Waals surface area contributed by atoms with E-state index in [-0.39, 0.29) is 5.91 Å². The topological polar surface area (TPSA) is 86.9 Å². The minimum Gasteiger partial charge on any atom is -0.399 e. The first-order valence-electron chi connectivity index (χ1n) is 5.22. The summed E-state index contributed by atoms with van der Waals surface area (Å²) in [5.41, 5.74) is 14.2. The maximum Gasteiger partial charge on any atom is 0.280 e. The molecule has 0 unspecified atom stereocenters. The van der Waals surface area contributed by atoms with Crippen molar-refractivity contribution in [2.45, 2.75) is 13.8 Å². The molecule has 0 amide bonds. The number of hydrogen-bond acceptors (Lipinski definition) is 4. The van der Waals surface area contributed by atoms with Gasteiger partial charge >= 0.3 is 0 Å². The van der Waals surface area contributed by atoms with E-state index in [9.17, 15) is 4.79 Å². The van der Waals surface area contributed by atoms with Gasteiger partial charge in [0.1, 0.15) is 5.82 Å². The molecule has 0 fully saturated rings. The zero-order chi connectivity index (χ0) is 12.6. The second-order valence-electron chi connectivity index (χ2n) is 4.00. The quantitative estimate of drug-likeness (QED) is 0.724. The molecule has 0 saturated carbocycles. The monoisotopic (exact) mass is 230 g/mol. The van der Waals surface area contributed by atoms with Crippen LogP contribution in [0.3, 0.4) is 0 Å². The molecule has 0 spiro atoms. The third-order valence-electron chi connectivity index (χ3n) is 2.57. The van der Waals surface area contributed by atoms with Crippen LogP contribution in [0.4, 0.5) is 11.5 Å². The van der Waals surface area contributed by atoms with Crippen molar-refractivity contribution in [3.05, 3.63) is 41.1 Å². The Bertz CT molecular complexity index is 586. The number of carbonyl (C=O) groups is 1. The third-order valence-corrected chi connectivity index (χ3v) is 2.57. The summed E-state index contributed by atoms with van der Waals surface area (Å²) in [5.74, 6) is 0.0840. The van der Waals surface area contributed by atoms with Crippen LogP contribution in [0.2, 0.25) is 0 Å². The van der Waals surface area contributed by atoms with Crippen molar-refractivity contribution in [1.29, 1.82) is 0 Å². The largest absolute Gasteiger partial charge is 0.399 e. The van der Waals surface area contributed by atoms with Crippen molar-refractivity contribution >= 4 is 17.4 Å². The average Bonchev–Trinajstić information content (AvgIpc) is 2.61. The molecule has 0 atom stereocenters. The molecule has 2 aromatic rings. The van der Waals surface area contributed by atoms with Gasteiger partial charge in [-0.1, -0.05) is 0 Å². The molecule has 0 saturated heterocycles. The number of hydrogen-bond donors (Lipinski definition) is 2. The van der Waals surface area contributed by atoms with Gasteiger partial charge in [-0.2, -0.15) is 9.78 Å². The molecule has 0 aliphatic carbocycles. The van der Waals surface area contributed by atoms with Crippen molar-refractivity contribution in [3.8, 4) is 0 Å². The summed E-state index contributed by atoms with van der Waals surface area (Å²) in [4.78, 5) is 12.1. The Balaban J connectivity index is 2.44. The SMILES string of the molecule is Cc1cc(N)n(C(=O)c2ccc(N)c(C)c2)n1. The van der Waals surface area contributed by atoms with E-state index in [1.165, 1.54) is 4.68 Å². The van der Waals surface area contributed by atoms with E-state index in [1.807, 2.05) is 6.92 Å². The highest BCUT2D eigenvalue weighted by atomic mass is 16.2. The molecule has 17 heavy (non-hydrogen) atoms. The van der Waals surface area contributed by atoms with Gasteiger partial charge in [-0.05, 0) is 37.6 Å². The highest BCUT2D eigenvalue weighted by molar-refractivity contribution is 5.97. The normalized spacial score (nSPS) is 10.5. The van der Waals surface area contributed by atoms with E-state index in [0.29, 0.717) is 22.8 Å². The number of aromatic nitrogens is 2. The number of anilines is 2. The van der Waals surface area contributed by atoms with E-state index in [4.69, 9.17) is 11.5 Å². The van der Waals surface area contributed by atoms with Crippen molar-refractivity contribution < 1.29 is 4.79 Å². The number of nitrogens with two attached hydrogens (primary N) is 2. The molecular weight excluding hydrogens is 216 g/mol. The van der Waals surface area contributed by atoms with Crippen LogP contribution in [0.5, 0.6) is 0 Å². The molecule has 5 nitrogen and oxygen atoms in total. The number of nitrogens with zero attached hydrogens (tertiary/aromatic N) is 2. The molecular formula is C12H14N4O. The highest BCUT2D eigenvalue weighted by Crippen LogP contribution is 2.15. The van der Waals surface area contributed by atoms with Crippen LogP contribution in [0.1, 0.15) is 21.6 Å². The number of nitrogen functional groups attached to an aromatic ring is 2. The van der Waals surface area contributed by atoms with Crippen LogP contribution in [-0.2, 0) is 0 Å². The molecule has 0 radical (unpaired) electrons. The van der Waals surface area contributed by atoms with Crippen molar-refractivity contribution in [3.63, 3.8) is 0 Å². The summed E-state index contributed by atoms with van der Waals surface area (Å²) in [5, 5.41) is 4.05. The zero-order valence-corrected chi connectivity index (χ0v) is 9.77. The van der Waals surface area contributed by atoms with E-state index in [0.717, 1.165) is 5.56 Å². The summed E-state index contributed by atoms with van der Waals surface area (Å²) in [6, 6.07) is 6.76. The van der Waals surface area contributed by atoms with Gasteiger partial charge in [0.15, 0.2) is 0 Å². The van der Waals surface area contributed by atoms with Gasteiger partial charge in [0, 0.05) is 17.3 Å². The molecule has 1 heterocycles. The summed E-state index contributed by atoms with van der Waals surface area (Å²) in [6.45, 7) is 3.64. The molecule has 88 valence electrons. The lowest BCUT2D eigenvalue weighted by Gasteiger charge is -2.05. The van der Waals surface area contributed by atoms with Gasteiger partial charge in [0.25, 0.3) is 5.91 Å². The molecule has 1 aromatic carbocycles. The molecule has 0 aliphatic heterocycles. The fraction of sp³-hybridized carbons (Fsp3) is 0.167. The van der Waals surface area contributed by atoms with Crippen LogP contribution in [0.15, 0.2) is 24.3 Å². The highest BCUT2D eigenvalue weighted by Gasteiger charge is 2.13. The second-order valence-corrected chi connectivity index (χ2v) is 4.00. The Morgan fingerprint density at radius 1 is 1.24 bits per heavy atom. The third kappa shape index (κ3) is 1.99. The van der Waals surface area contributed by atoms with Crippen LogP contribution >= 0.6 is 0 Å². The van der Waals surface area contributed by atoms with Gasteiger partial charge in [0.05, 0.1) is 5.69 Å². The van der Waals surface area contributed by atoms with Crippen LogP contribution in [0.25, 0.3) is 0 Å². The summed E-state index contributed by atoms with van der Waals surface area (Å²) in [7, 11) is 0. The van der Waals surface area contributed by atoms with Crippen molar-refractivity contribution in [1.82, 2.24) is 9.78 Å². The lowest BCUT2D eigenvalue weighted by atomic mass is 10.1. The maximum atomic E-state index is 12.1. The summed E-state index contributed by atoms with van der Waals surface area (Å²) >= 11 is 0. The minimum absolute atomic E-state index is 0.251. The Labute approximate surface area is 99.0 Å². The van der Waals surface area contributed by atoms with Gasteiger partial charge in [-0.3, -0.25) is 4.79 Å². The summed E-state index contributed by atoms with van der Waals surface area (Å²) in [6.07, 6.45) is 0. The lowest BCUT2D eigenvalue weighted by molar-refractivity contribution is 0.0947. The first kappa shape index (κ1) is 11.2. The number of carbonyl (C=O) groups excluding carboxylic acids is 1. The van der Waals surface area contributed by atoms with Crippen molar-refractivity contribution in [2.75, 3.05) is 11.5 Å². The van der Waals surface area contributed by atoms with E-state index in [1.54, 1.807) is 31.2 Å². The molecule has 0 bridgehead atoms. The van der Waals surface area contributed by atoms with Crippen LogP contribution in [-0.4, -0.2) is 15.7 Å². The molecule has 2 rings (SSSR count). The predicted octanol–water partition coefficient (Wildman–Crippen LogP) is 1.35. The molecule has 1 aromatic heterocycles. The van der Waals surface area contributed by atoms with Gasteiger partial charge < -0.3 is 11.5 Å². The van der Waals surface area contributed by atoms with E-state index >= 15 is 0 Å². The Morgan fingerprint density at radius 2 is 1.94 bits per heavy atom. The van der Waals surface area contributed by atoms with Gasteiger partial charge in [0.2, 0.25) is 0 Å². The number of benzene rings is 1. The molecule has 4 N–H and O–H groups in total. The van der Waals surface area contributed by atoms with Gasteiger partial charge in [-0.15, -0.1) is 0 Å². The zero-order valence-electron chi connectivity index (χ0n) is 9.77. The maximum absolute atomic E-state index is 12.1. The molecule has 0 aliphatic rings. The fourth-order valence-corrected chi connectivity index (χ4v) is 1.61. The predicted molar refractivity (Wildman–Crippen MR) is 66.7 cm³/mol. The van der Waals surface area contributed by atoms with Crippen LogP contribution < -0.4 is 11.5 Å². The van der Waals surface area contributed by atoms with E-state index < -0.39 is 0 Å².